The van der Waals surface area contributed by atoms with Crippen molar-refractivity contribution >= 4 is 35.0 Å². The summed E-state index contributed by atoms with van der Waals surface area (Å²) in [6.45, 7) is 14.3. The van der Waals surface area contributed by atoms with E-state index in [1.165, 1.54) is 25.1 Å². The fourth-order valence-electron chi connectivity index (χ4n) is 6.95. The number of nitrogens with one attached hydrogen (secondary N) is 2. The van der Waals surface area contributed by atoms with Crippen molar-refractivity contribution in [2.24, 2.45) is 5.92 Å². The Kier molecular flexibility index (Phi) is 8.95. The van der Waals surface area contributed by atoms with Crippen LogP contribution in [0.4, 0.5) is 33.8 Å². The molecule has 244 valence electrons. The van der Waals surface area contributed by atoms with Gasteiger partial charge < -0.3 is 30.1 Å². The van der Waals surface area contributed by atoms with E-state index >= 15 is 0 Å². The molecule has 3 aliphatic heterocycles. The minimum absolute atomic E-state index is 0.180. The first kappa shape index (κ1) is 30.7. The number of aromatic nitrogens is 3. The van der Waals surface area contributed by atoms with Crippen LogP contribution in [-0.4, -0.2) is 96.5 Å². The van der Waals surface area contributed by atoms with Crippen molar-refractivity contribution in [3.63, 3.8) is 0 Å². The van der Waals surface area contributed by atoms with Gasteiger partial charge in [-0.2, -0.15) is 15.0 Å². The van der Waals surface area contributed by atoms with E-state index in [1.54, 1.807) is 0 Å². The zero-order valence-corrected chi connectivity index (χ0v) is 27.4. The molecular weight excluding hydrogens is 578 g/mol. The standard InChI is InChI=1S/C35H47N9O2/c1-24-4-5-25(2)44(24)34-39-32(38-33(40-34)43-20-21-46-23-26(43)3)28-8-10-29(11-9-28)36-35(45)37-30-12-14-31(15-13-30)42-18-16-41(17-19-42)22-27-6-7-27/h8-15,24-27H,4-7,16-23H2,1-3H3,(H2,36,37,45)/t24-,25+,26?. The van der Waals surface area contributed by atoms with E-state index in [4.69, 9.17) is 19.7 Å². The van der Waals surface area contributed by atoms with Crippen LogP contribution in [0.5, 0.6) is 0 Å². The minimum Gasteiger partial charge on any atom is -0.377 e. The van der Waals surface area contributed by atoms with Gasteiger partial charge in [-0.3, -0.25) is 4.90 Å². The predicted molar refractivity (Wildman–Crippen MR) is 184 cm³/mol. The number of benzene rings is 2. The molecule has 2 N–H and O–H groups in total. The number of morpholine rings is 1. The Hall–Kier alpha value is -3.96. The molecule has 46 heavy (non-hydrogen) atoms. The van der Waals surface area contributed by atoms with Crippen LogP contribution in [0.1, 0.15) is 46.5 Å². The lowest BCUT2D eigenvalue weighted by atomic mass is 10.2. The van der Waals surface area contributed by atoms with Crippen LogP contribution in [0.2, 0.25) is 0 Å². The van der Waals surface area contributed by atoms with Gasteiger partial charge in [-0.1, -0.05) is 0 Å². The van der Waals surface area contributed by atoms with Crippen molar-refractivity contribution in [3.05, 3.63) is 48.5 Å². The Balaban J connectivity index is 0.995. The zero-order chi connectivity index (χ0) is 31.6. The van der Waals surface area contributed by atoms with Crippen molar-refractivity contribution in [3.8, 4) is 11.4 Å². The summed E-state index contributed by atoms with van der Waals surface area (Å²) in [5.74, 6) is 2.98. The van der Waals surface area contributed by atoms with Crippen molar-refractivity contribution in [2.45, 2.75) is 64.6 Å². The molecule has 3 atom stereocenters. The molecule has 4 aliphatic rings. The van der Waals surface area contributed by atoms with Crippen molar-refractivity contribution in [1.29, 1.82) is 0 Å². The van der Waals surface area contributed by atoms with Crippen LogP contribution in [0.25, 0.3) is 11.4 Å². The number of nitrogens with zero attached hydrogens (tertiary/aromatic N) is 7. The summed E-state index contributed by atoms with van der Waals surface area (Å²) < 4.78 is 5.67. The molecule has 1 saturated carbocycles. The van der Waals surface area contributed by atoms with E-state index in [2.05, 4.69) is 63.1 Å². The molecule has 1 aromatic heterocycles. The maximum Gasteiger partial charge on any atom is 0.323 e. The monoisotopic (exact) mass is 625 g/mol. The molecule has 3 saturated heterocycles. The molecule has 1 unspecified atom stereocenters. The van der Waals surface area contributed by atoms with Gasteiger partial charge >= 0.3 is 6.03 Å². The topological polar surface area (TPSA) is 102 Å². The number of piperazine rings is 1. The Morgan fingerprint density at radius 1 is 0.761 bits per heavy atom. The van der Waals surface area contributed by atoms with Crippen LogP contribution in [0.3, 0.4) is 0 Å². The quantitative estimate of drug-likeness (QED) is 0.345. The van der Waals surface area contributed by atoms with Gasteiger partial charge in [0.2, 0.25) is 11.9 Å². The lowest BCUT2D eigenvalue weighted by molar-refractivity contribution is 0.0981. The van der Waals surface area contributed by atoms with E-state index in [0.717, 1.165) is 68.7 Å². The van der Waals surface area contributed by atoms with Gasteiger partial charge in [0, 0.05) is 74.0 Å². The van der Waals surface area contributed by atoms with E-state index in [1.807, 2.05) is 36.4 Å². The highest BCUT2D eigenvalue weighted by Gasteiger charge is 2.32. The van der Waals surface area contributed by atoms with Crippen LogP contribution < -0.4 is 25.3 Å². The predicted octanol–water partition coefficient (Wildman–Crippen LogP) is 5.32. The normalized spacial score (nSPS) is 23.9. The molecule has 7 rings (SSSR count). The average Bonchev–Trinajstić information content (AvgIpc) is 3.82. The van der Waals surface area contributed by atoms with E-state index < -0.39 is 0 Å². The van der Waals surface area contributed by atoms with E-state index in [0.29, 0.717) is 42.8 Å². The fraction of sp³-hybridized carbons (Fsp3) is 0.543. The maximum atomic E-state index is 12.9. The highest BCUT2D eigenvalue weighted by molar-refractivity contribution is 5.99. The van der Waals surface area contributed by atoms with Gasteiger partial charge in [0.1, 0.15) is 0 Å². The van der Waals surface area contributed by atoms with Crippen LogP contribution in [-0.2, 0) is 4.74 Å². The lowest BCUT2D eigenvalue weighted by Crippen LogP contribution is -2.47. The van der Waals surface area contributed by atoms with Gasteiger partial charge in [0.15, 0.2) is 5.82 Å². The summed E-state index contributed by atoms with van der Waals surface area (Å²) in [7, 11) is 0. The Labute approximate surface area is 272 Å². The summed E-state index contributed by atoms with van der Waals surface area (Å²) >= 11 is 0. The summed E-state index contributed by atoms with van der Waals surface area (Å²) in [4.78, 5) is 37.3. The fourth-order valence-corrected chi connectivity index (χ4v) is 6.95. The number of ether oxygens (including phenoxy) is 1. The van der Waals surface area contributed by atoms with Gasteiger partial charge in [-0.25, -0.2) is 4.79 Å². The molecular formula is C35H47N9O2. The first-order valence-corrected chi connectivity index (χ1v) is 17.0. The molecule has 11 heteroatoms. The third kappa shape index (κ3) is 7.05. The van der Waals surface area contributed by atoms with E-state index in [9.17, 15) is 4.79 Å². The lowest BCUT2D eigenvalue weighted by Gasteiger charge is -2.36. The summed E-state index contributed by atoms with van der Waals surface area (Å²) in [5.41, 5.74) is 3.53. The summed E-state index contributed by atoms with van der Waals surface area (Å²) in [6, 6.07) is 16.5. The smallest absolute Gasteiger partial charge is 0.323 e. The molecule has 11 nitrogen and oxygen atoms in total. The molecule has 4 fully saturated rings. The van der Waals surface area contributed by atoms with Crippen LogP contribution in [0, 0.1) is 5.92 Å². The maximum absolute atomic E-state index is 12.9. The SMILES string of the molecule is CC1COCCN1c1nc(-c2ccc(NC(=O)Nc3ccc(N4CCN(CC5CC5)CC4)cc3)cc2)nc(N2[C@H](C)CC[C@@H]2C)n1. The second-order valence-corrected chi connectivity index (χ2v) is 13.5. The second-order valence-electron chi connectivity index (χ2n) is 13.5. The summed E-state index contributed by atoms with van der Waals surface area (Å²) in [5, 5.41) is 5.93. The third-order valence-electron chi connectivity index (χ3n) is 9.90. The largest absolute Gasteiger partial charge is 0.377 e. The molecule has 0 radical (unpaired) electrons. The highest BCUT2D eigenvalue weighted by atomic mass is 16.5. The number of hydrogen-bond donors (Lipinski definition) is 2. The molecule has 0 bridgehead atoms. The van der Waals surface area contributed by atoms with E-state index in [-0.39, 0.29) is 12.1 Å². The Morgan fingerprint density at radius 2 is 1.39 bits per heavy atom. The van der Waals surface area contributed by atoms with Gasteiger partial charge in [-0.05, 0) is 101 Å². The van der Waals surface area contributed by atoms with Crippen molar-refractivity contribution in [2.75, 3.05) is 77.8 Å². The molecule has 1 aliphatic carbocycles. The van der Waals surface area contributed by atoms with Gasteiger partial charge in [0.05, 0.1) is 19.3 Å². The second kappa shape index (κ2) is 13.4. The first-order chi connectivity index (χ1) is 22.4. The Bertz CT molecular complexity index is 1480. The number of rotatable bonds is 8. The van der Waals surface area contributed by atoms with Gasteiger partial charge in [0.25, 0.3) is 0 Å². The zero-order valence-electron chi connectivity index (χ0n) is 27.4. The van der Waals surface area contributed by atoms with Crippen molar-refractivity contribution in [1.82, 2.24) is 19.9 Å². The highest BCUT2D eigenvalue weighted by Crippen LogP contribution is 2.32. The van der Waals surface area contributed by atoms with Crippen molar-refractivity contribution < 1.29 is 9.53 Å². The number of anilines is 5. The molecule has 0 spiro atoms. The first-order valence-electron chi connectivity index (χ1n) is 17.0. The molecule has 2 amide bonds. The van der Waals surface area contributed by atoms with Crippen LogP contribution in [0.15, 0.2) is 48.5 Å². The van der Waals surface area contributed by atoms with Gasteiger partial charge in [-0.15, -0.1) is 0 Å². The number of carbonyl (C=O) groups is 1. The van der Waals surface area contributed by atoms with Crippen LogP contribution >= 0.6 is 0 Å². The Morgan fingerprint density at radius 3 is 2.02 bits per heavy atom. The third-order valence-corrected chi connectivity index (χ3v) is 9.90. The average molecular weight is 626 g/mol. The molecule has 2 aromatic carbocycles. The summed E-state index contributed by atoms with van der Waals surface area (Å²) in [6.07, 6.45) is 5.05. The minimum atomic E-state index is -0.280. The molecule has 3 aromatic rings. The number of urea groups is 1. The number of hydrogen-bond acceptors (Lipinski definition) is 9. The number of amides is 2. The number of carbonyl (C=O) groups excluding carboxylic acids is 1. The molecule has 4 heterocycles.